The van der Waals surface area contributed by atoms with Crippen LogP contribution >= 0.6 is 11.6 Å². The molecule has 0 unspecified atom stereocenters. The highest BCUT2D eigenvalue weighted by Crippen LogP contribution is 2.22. The van der Waals surface area contributed by atoms with Crippen molar-refractivity contribution in [2.45, 2.75) is 32.4 Å². The number of H-pyrrole nitrogens is 1. The number of nitrogens with one attached hydrogen (secondary N) is 1. The third-order valence-corrected chi connectivity index (χ3v) is 5.60. The maximum absolute atomic E-state index is 12.7. The predicted octanol–water partition coefficient (Wildman–Crippen LogP) is 3.18. The van der Waals surface area contributed by atoms with Crippen molar-refractivity contribution in [1.82, 2.24) is 24.6 Å². The smallest absolute Gasteiger partial charge is 0.224 e. The minimum absolute atomic E-state index is 0.119. The molecule has 0 radical (unpaired) electrons. The van der Waals surface area contributed by atoms with E-state index in [4.69, 9.17) is 21.1 Å². The Kier molecular flexibility index (Phi) is 6.89. The van der Waals surface area contributed by atoms with Crippen LogP contribution in [0, 0.1) is 6.92 Å². The van der Waals surface area contributed by atoms with Crippen molar-refractivity contribution in [2.75, 3.05) is 26.3 Å². The van der Waals surface area contributed by atoms with Gasteiger partial charge in [0.05, 0.1) is 25.5 Å². The van der Waals surface area contributed by atoms with Gasteiger partial charge < -0.3 is 18.9 Å². The van der Waals surface area contributed by atoms with Gasteiger partial charge in [0.15, 0.2) is 0 Å². The third kappa shape index (κ3) is 5.65. The number of rotatable bonds is 8. The summed E-state index contributed by atoms with van der Waals surface area (Å²) in [7, 11) is 0. The van der Waals surface area contributed by atoms with Gasteiger partial charge in [-0.25, -0.2) is 4.98 Å². The summed E-state index contributed by atoms with van der Waals surface area (Å²) in [5, 5.41) is 8.13. The van der Waals surface area contributed by atoms with Crippen LogP contribution in [0.25, 0.3) is 0 Å². The Labute approximate surface area is 186 Å². The van der Waals surface area contributed by atoms with E-state index in [1.54, 1.807) is 18.3 Å². The molecule has 3 heterocycles. The number of ether oxygens (including phenoxy) is 2. The molecule has 31 heavy (non-hydrogen) atoms. The van der Waals surface area contributed by atoms with Crippen LogP contribution in [0.5, 0.6) is 5.75 Å². The number of hydrogen-bond donors (Lipinski definition) is 1. The number of hydrogen-bond acceptors (Lipinski definition) is 5. The lowest BCUT2D eigenvalue weighted by molar-refractivity contribution is -0.139. The highest BCUT2D eigenvalue weighted by Gasteiger charge is 2.27. The summed E-state index contributed by atoms with van der Waals surface area (Å²) < 4.78 is 13.6. The molecule has 9 heteroatoms. The minimum atomic E-state index is -0.227. The van der Waals surface area contributed by atoms with E-state index in [-0.39, 0.29) is 12.0 Å². The first kappa shape index (κ1) is 21.4. The van der Waals surface area contributed by atoms with Crippen LogP contribution < -0.4 is 4.74 Å². The number of imidazole rings is 1. The van der Waals surface area contributed by atoms with E-state index in [9.17, 15) is 4.79 Å². The lowest BCUT2D eigenvalue weighted by Crippen LogP contribution is -2.42. The first-order chi connectivity index (χ1) is 15.1. The van der Waals surface area contributed by atoms with Gasteiger partial charge in [0.25, 0.3) is 0 Å². The maximum atomic E-state index is 12.7. The quantitative estimate of drug-likeness (QED) is 0.578. The first-order valence-electron chi connectivity index (χ1n) is 10.4. The summed E-state index contributed by atoms with van der Waals surface area (Å²) in [6, 6.07) is 9.27. The molecule has 0 bridgehead atoms. The van der Waals surface area contributed by atoms with Gasteiger partial charge in [-0.1, -0.05) is 11.6 Å². The van der Waals surface area contributed by atoms with E-state index in [1.807, 2.05) is 40.8 Å². The number of benzene rings is 1. The van der Waals surface area contributed by atoms with Gasteiger partial charge >= 0.3 is 0 Å². The first-order valence-corrected chi connectivity index (χ1v) is 10.8. The Morgan fingerprint density at radius 3 is 2.97 bits per heavy atom. The summed E-state index contributed by atoms with van der Waals surface area (Å²) in [5.74, 6) is 1.81. The number of amides is 1. The molecule has 1 N–H and O–H groups in total. The van der Waals surface area contributed by atoms with Crippen molar-refractivity contribution < 1.29 is 14.3 Å². The second-order valence-corrected chi connectivity index (χ2v) is 7.92. The predicted molar refractivity (Wildman–Crippen MR) is 116 cm³/mol. The van der Waals surface area contributed by atoms with Crippen LogP contribution in [0.15, 0.2) is 42.7 Å². The number of aromatic nitrogens is 4. The van der Waals surface area contributed by atoms with Crippen molar-refractivity contribution in [3.05, 3.63) is 65.0 Å². The summed E-state index contributed by atoms with van der Waals surface area (Å²) in [4.78, 5) is 18.7. The number of aryl methyl sites for hydroxylation is 2. The Morgan fingerprint density at radius 2 is 2.19 bits per heavy atom. The van der Waals surface area contributed by atoms with E-state index in [2.05, 4.69) is 15.2 Å². The molecule has 0 spiro atoms. The monoisotopic (exact) mass is 443 g/mol. The van der Waals surface area contributed by atoms with Crippen molar-refractivity contribution in [2.24, 2.45) is 0 Å². The summed E-state index contributed by atoms with van der Waals surface area (Å²) in [6.07, 6.45) is 4.55. The van der Waals surface area contributed by atoms with E-state index in [0.29, 0.717) is 50.7 Å². The second-order valence-electron chi connectivity index (χ2n) is 7.49. The van der Waals surface area contributed by atoms with Crippen LogP contribution in [-0.4, -0.2) is 56.9 Å². The van der Waals surface area contributed by atoms with Crippen molar-refractivity contribution in [3.8, 4) is 5.75 Å². The van der Waals surface area contributed by atoms with Crippen molar-refractivity contribution in [1.29, 1.82) is 0 Å². The minimum Gasteiger partial charge on any atom is -0.493 e. The average molecular weight is 444 g/mol. The van der Waals surface area contributed by atoms with Crippen molar-refractivity contribution in [3.63, 3.8) is 0 Å². The molecule has 1 aliphatic heterocycles. The van der Waals surface area contributed by atoms with Crippen LogP contribution in [0.3, 0.4) is 0 Å². The number of nitrogens with zero attached hydrogens (tertiary/aromatic N) is 4. The van der Waals surface area contributed by atoms with E-state index in [1.165, 1.54) is 0 Å². The van der Waals surface area contributed by atoms with Gasteiger partial charge in [-0.2, -0.15) is 5.10 Å². The van der Waals surface area contributed by atoms with Gasteiger partial charge in [-0.3, -0.25) is 9.89 Å². The van der Waals surface area contributed by atoms with Gasteiger partial charge in [-0.15, -0.1) is 0 Å². The molecule has 4 rings (SSSR count). The highest BCUT2D eigenvalue weighted by molar-refractivity contribution is 6.30. The molecule has 8 nitrogen and oxygen atoms in total. The fourth-order valence-electron chi connectivity index (χ4n) is 3.55. The lowest BCUT2D eigenvalue weighted by atomic mass is 10.1. The zero-order valence-electron chi connectivity index (χ0n) is 17.5. The molecule has 0 aliphatic carbocycles. The maximum Gasteiger partial charge on any atom is 0.224 e. The summed E-state index contributed by atoms with van der Waals surface area (Å²) >= 11 is 5.89. The SMILES string of the molecule is Cc1nccn1CCC(=O)N1CCO[C@@H](c2cc(CCOc3ccc(Cl)cc3)[nH]n2)C1. The van der Waals surface area contributed by atoms with Gasteiger partial charge in [-0.05, 0) is 37.3 Å². The zero-order chi connectivity index (χ0) is 21.6. The largest absolute Gasteiger partial charge is 0.493 e. The molecule has 0 saturated carbocycles. The fraction of sp³-hybridized carbons (Fsp3) is 0.409. The van der Waals surface area contributed by atoms with Crippen LogP contribution in [0.2, 0.25) is 5.02 Å². The Hall–Kier alpha value is -2.84. The molecule has 1 atom stereocenters. The number of carbonyl (C=O) groups is 1. The third-order valence-electron chi connectivity index (χ3n) is 5.34. The van der Waals surface area contributed by atoms with Crippen LogP contribution in [0.4, 0.5) is 0 Å². The molecule has 1 fully saturated rings. The second kappa shape index (κ2) is 9.98. The Balaban J connectivity index is 1.26. The van der Waals surface area contributed by atoms with E-state index in [0.717, 1.165) is 23.0 Å². The number of morpholine rings is 1. The van der Waals surface area contributed by atoms with Gasteiger partial charge in [0.1, 0.15) is 17.7 Å². The van der Waals surface area contributed by atoms with Crippen LogP contribution in [-0.2, 0) is 22.5 Å². The number of halogens is 1. The van der Waals surface area contributed by atoms with Crippen molar-refractivity contribution >= 4 is 17.5 Å². The lowest BCUT2D eigenvalue weighted by Gasteiger charge is -2.32. The molecule has 1 saturated heterocycles. The van der Waals surface area contributed by atoms with E-state index >= 15 is 0 Å². The average Bonchev–Trinajstić information content (AvgIpc) is 3.42. The standard InChI is InChI=1S/C22H26ClN5O3/c1-16-24-8-10-27(16)9-6-22(29)28-11-13-31-21(15-28)20-14-18(25-26-20)7-12-30-19-4-2-17(23)3-5-19/h2-5,8,10,14,21H,6-7,9,11-13,15H2,1H3,(H,25,26)/t21-/m1/s1. The Bertz CT molecular complexity index is 1000. The Morgan fingerprint density at radius 1 is 1.35 bits per heavy atom. The molecule has 1 amide bonds. The fourth-order valence-corrected chi connectivity index (χ4v) is 3.68. The molecule has 1 aromatic carbocycles. The van der Waals surface area contributed by atoms with Gasteiger partial charge in [0.2, 0.25) is 5.91 Å². The molecule has 3 aromatic rings. The number of carbonyl (C=O) groups excluding carboxylic acids is 1. The molecule has 1 aliphatic rings. The van der Waals surface area contributed by atoms with Crippen LogP contribution in [0.1, 0.15) is 29.7 Å². The summed E-state index contributed by atoms with van der Waals surface area (Å²) in [5.41, 5.74) is 1.77. The van der Waals surface area contributed by atoms with E-state index < -0.39 is 0 Å². The molecular weight excluding hydrogens is 418 g/mol. The normalized spacial score (nSPS) is 16.5. The topological polar surface area (TPSA) is 85.3 Å². The molecule has 164 valence electrons. The number of aromatic amines is 1. The highest BCUT2D eigenvalue weighted by atomic mass is 35.5. The molecular formula is C22H26ClN5O3. The molecule has 2 aromatic heterocycles. The van der Waals surface area contributed by atoms with Gasteiger partial charge in [0, 0.05) is 49.0 Å². The zero-order valence-corrected chi connectivity index (χ0v) is 18.2. The summed E-state index contributed by atoms with van der Waals surface area (Å²) in [6.45, 7) is 4.70.